The first-order valence-electron chi connectivity index (χ1n) is 7.39. The van der Waals surface area contributed by atoms with E-state index >= 15 is 0 Å². The fourth-order valence-corrected chi connectivity index (χ4v) is 1.84. The van der Waals surface area contributed by atoms with E-state index in [0.29, 0.717) is 18.0 Å². The number of nitrogens with one attached hydrogen (secondary N) is 2. The highest BCUT2D eigenvalue weighted by Crippen LogP contribution is 2.20. The van der Waals surface area contributed by atoms with Crippen LogP contribution in [0.15, 0.2) is 47.6 Å². The summed E-state index contributed by atoms with van der Waals surface area (Å²) in [5.41, 5.74) is 2.75. The van der Waals surface area contributed by atoms with Gasteiger partial charge >= 0.3 is 11.8 Å². The summed E-state index contributed by atoms with van der Waals surface area (Å²) >= 11 is 0. The van der Waals surface area contributed by atoms with Crippen molar-refractivity contribution in [2.45, 2.75) is 6.92 Å². The van der Waals surface area contributed by atoms with E-state index in [1.165, 1.54) is 12.1 Å². The maximum atomic E-state index is 11.8. The molecule has 130 valence electrons. The number of rotatable bonds is 5. The molecule has 0 aliphatic heterocycles. The predicted octanol–water partition coefficient (Wildman–Crippen LogP) is 1.59. The molecule has 8 heteroatoms. The fourth-order valence-electron chi connectivity index (χ4n) is 1.84. The molecule has 0 atom stereocenters. The van der Waals surface area contributed by atoms with Gasteiger partial charge in [0.25, 0.3) is 0 Å². The molecule has 0 aliphatic rings. The number of nitrogens with zero attached hydrogens (tertiary/aromatic N) is 1. The summed E-state index contributed by atoms with van der Waals surface area (Å²) in [5.74, 6) is -1.52. The van der Waals surface area contributed by atoms with Gasteiger partial charge in [0.05, 0.1) is 12.8 Å². The lowest BCUT2D eigenvalue weighted by atomic mass is 10.2. The molecule has 0 radical (unpaired) electrons. The van der Waals surface area contributed by atoms with Gasteiger partial charge in [-0.3, -0.25) is 9.59 Å². The average Bonchev–Trinajstić information content (AvgIpc) is 2.58. The SMILES string of the molecule is CCOc1ccc(NC(=O)C(=O)N/N=C\c2ccc(O)cc2O)cc1. The lowest BCUT2D eigenvalue weighted by Gasteiger charge is -2.06. The maximum Gasteiger partial charge on any atom is 0.329 e. The number of hydrazone groups is 1. The summed E-state index contributed by atoms with van der Waals surface area (Å²) in [5, 5.41) is 24.7. The molecular formula is C17H17N3O5. The molecule has 2 amide bonds. The van der Waals surface area contributed by atoms with Crippen molar-refractivity contribution in [1.82, 2.24) is 5.43 Å². The lowest BCUT2D eigenvalue weighted by molar-refractivity contribution is -0.136. The number of carbonyl (C=O) groups is 2. The number of hydrogen-bond acceptors (Lipinski definition) is 6. The number of hydrogen-bond donors (Lipinski definition) is 4. The first kappa shape index (κ1) is 17.8. The molecular weight excluding hydrogens is 326 g/mol. The van der Waals surface area contributed by atoms with Crippen LogP contribution in [0.25, 0.3) is 0 Å². The number of benzene rings is 2. The summed E-state index contributed by atoms with van der Waals surface area (Å²) in [4.78, 5) is 23.4. The molecule has 2 aromatic rings. The minimum atomic E-state index is -0.969. The van der Waals surface area contributed by atoms with E-state index in [4.69, 9.17) is 4.74 Å². The fraction of sp³-hybridized carbons (Fsp3) is 0.118. The second-order valence-corrected chi connectivity index (χ2v) is 4.85. The number of aromatic hydroxyl groups is 2. The molecule has 8 nitrogen and oxygen atoms in total. The molecule has 2 rings (SSSR count). The molecule has 0 aromatic heterocycles. The van der Waals surface area contributed by atoms with Crippen molar-refractivity contribution in [1.29, 1.82) is 0 Å². The molecule has 0 spiro atoms. The van der Waals surface area contributed by atoms with Crippen molar-refractivity contribution in [3.8, 4) is 17.2 Å². The van der Waals surface area contributed by atoms with E-state index in [0.717, 1.165) is 12.3 Å². The van der Waals surface area contributed by atoms with Crippen LogP contribution in [0.5, 0.6) is 17.2 Å². The summed E-state index contributed by atoms with van der Waals surface area (Å²) in [6, 6.07) is 10.4. The summed E-state index contributed by atoms with van der Waals surface area (Å²) < 4.78 is 5.28. The molecule has 0 aliphatic carbocycles. The molecule has 2 aromatic carbocycles. The monoisotopic (exact) mass is 343 g/mol. The second-order valence-electron chi connectivity index (χ2n) is 4.85. The van der Waals surface area contributed by atoms with Crippen LogP contribution in [0.2, 0.25) is 0 Å². The zero-order valence-corrected chi connectivity index (χ0v) is 13.4. The molecule has 0 unspecified atom stereocenters. The zero-order valence-electron chi connectivity index (χ0n) is 13.4. The topological polar surface area (TPSA) is 120 Å². The van der Waals surface area contributed by atoms with Crippen LogP contribution < -0.4 is 15.5 Å². The van der Waals surface area contributed by atoms with Crippen LogP contribution in [0.4, 0.5) is 5.69 Å². The molecule has 0 bridgehead atoms. The van der Waals surface area contributed by atoms with Gasteiger partial charge in [-0.05, 0) is 43.3 Å². The predicted molar refractivity (Wildman–Crippen MR) is 91.7 cm³/mol. The van der Waals surface area contributed by atoms with Crippen molar-refractivity contribution in [2.24, 2.45) is 5.10 Å². The van der Waals surface area contributed by atoms with Gasteiger partial charge in [0.2, 0.25) is 0 Å². The number of carbonyl (C=O) groups excluding carboxylic acids is 2. The van der Waals surface area contributed by atoms with Crippen molar-refractivity contribution in [2.75, 3.05) is 11.9 Å². The van der Waals surface area contributed by atoms with E-state index in [1.807, 2.05) is 12.3 Å². The normalized spacial score (nSPS) is 10.4. The van der Waals surface area contributed by atoms with Gasteiger partial charge in [0.15, 0.2) is 0 Å². The Labute approximate surface area is 143 Å². The van der Waals surface area contributed by atoms with Gasteiger partial charge in [-0.1, -0.05) is 0 Å². The maximum absolute atomic E-state index is 11.8. The number of phenols is 2. The molecule has 0 heterocycles. The molecule has 0 saturated carbocycles. The smallest absolute Gasteiger partial charge is 0.329 e. The van der Waals surface area contributed by atoms with Crippen LogP contribution in [0.1, 0.15) is 12.5 Å². The van der Waals surface area contributed by atoms with Gasteiger partial charge in [0.1, 0.15) is 17.2 Å². The Balaban J connectivity index is 1.89. The highest BCUT2D eigenvalue weighted by atomic mass is 16.5. The summed E-state index contributed by atoms with van der Waals surface area (Å²) in [6.45, 7) is 2.39. The van der Waals surface area contributed by atoms with Gasteiger partial charge < -0.3 is 20.3 Å². The third-order valence-electron chi connectivity index (χ3n) is 3.01. The summed E-state index contributed by atoms with van der Waals surface area (Å²) in [6.07, 6.45) is 1.15. The van der Waals surface area contributed by atoms with Crippen LogP contribution >= 0.6 is 0 Å². The Morgan fingerprint density at radius 2 is 1.84 bits per heavy atom. The van der Waals surface area contributed by atoms with Gasteiger partial charge in [-0.25, -0.2) is 5.43 Å². The number of anilines is 1. The van der Waals surface area contributed by atoms with Crippen molar-refractivity contribution >= 4 is 23.7 Å². The molecule has 0 saturated heterocycles. The van der Waals surface area contributed by atoms with Crippen molar-refractivity contribution in [3.63, 3.8) is 0 Å². The van der Waals surface area contributed by atoms with Gasteiger partial charge in [0, 0.05) is 17.3 Å². The Kier molecular flexibility index (Phi) is 5.94. The molecule has 0 fully saturated rings. The number of ether oxygens (including phenoxy) is 1. The van der Waals surface area contributed by atoms with Crippen LogP contribution in [0.3, 0.4) is 0 Å². The van der Waals surface area contributed by atoms with Gasteiger partial charge in [-0.15, -0.1) is 0 Å². The highest BCUT2D eigenvalue weighted by Gasteiger charge is 2.13. The van der Waals surface area contributed by atoms with E-state index < -0.39 is 11.8 Å². The standard InChI is InChI=1S/C17H17N3O5/c1-2-25-14-7-4-12(5-8-14)19-16(23)17(24)20-18-10-11-3-6-13(21)9-15(11)22/h3-10,21-22H,2H2,1H3,(H,19,23)(H,20,24)/b18-10-. The van der Waals surface area contributed by atoms with Gasteiger partial charge in [-0.2, -0.15) is 5.10 Å². The van der Waals surface area contributed by atoms with E-state index in [-0.39, 0.29) is 17.1 Å². The van der Waals surface area contributed by atoms with Crippen LogP contribution in [0, 0.1) is 0 Å². The first-order chi connectivity index (χ1) is 12.0. The Morgan fingerprint density at radius 1 is 1.12 bits per heavy atom. The van der Waals surface area contributed by atoms with Crippen LogP contribution in [-0.2, 0) is 9.59 Å². The van der Waals surface area contributed by atoms with Crippen LogP contribution in [-0.4, -0.2) is 34.8 Å². The third-order valence-corrected chi connectivity index (χ3v) is 3.01. The van der Waals surface area contributed by atoms with E-state index in [1.54, 1.807) is 24.3 Å². The zero-order chi connectivity index (χ0) is 18.2. The number of phenolic OH excluding ortho intramolecular Hbond substituents is 2. The third kappa shape index (κ3) is 5.24. The minimum absolute atomic E-state index is 0.103. The molecule has 4 N–H and O–H groups in total. The average molecular weight is 343 g/mol. The Morgan fingerprint density at radius 3 is 2.48 bits per heavy atom. The van der Waals surface area contributed by atoms with Crippen molar-refractivity contribution in [3.05, 3.63) is 48.0 Å². The van der Waals surface area contributed by atoms with E-state index in [9.17, 15) is 19.8 Å². The first-order valence-corrected chi connectivity index (χ1v) is 7.39. The largest absolute Gasteiger partial charge is 0.508 e. The lowest BCUT2D eigenvalue weighted by Crippen LogP contribution is -2.32. The molecule has 25 heavy (non-hydrogen) atoms. The second kappa shape index (κ2) is 8.34. The quantitative estimate of drug-likeness (QED) is 0.373. The van der Waals surface area contributed by atoms with E-state index in [2.05, 4.69) is 10.4 Å². The highest BCUT2D eigenvalue weighted by molar-refractivity contribution is 6.39. The summed E-state index contributed by atoms with van der Waals surface area (Å²) in [7, 11) is 0. The number of amides is 2. The minimum Gasteiger partial charge on any atom is -0.508 e. The Bertz CT molecular complexity index is 787. The van der Waals surface area contributed by atoms with Crippen molar-refractivity contribution < 1.29 is 24.5 Å². The Hall–Kier alpha value is -3.55.